The second kappa shape index (κ2) is 7.02. The van der Waals surface area contributed by atoms with Gasteiger partial charge in [0.05, 0.1) is 13.2 Å². The fourth-order valence-electron chi connectivity index (χ4n) is 3.81. The van der Waals surface area contributed by atoms with Gasteiger partial charge in [0.1, 0.15) is 5.56 Å². The number of methoxy groups -OCH3 is 1. The molecule has 6 heteroatoms. The Morgan fingerprint density at radius 2 is 2.04 bits per heavy atom. The first-order chi connectivity index (χ1) is 13.0. The lowest BCUT2D eigenvalue weighted by Crippen LogP contribution is -2.37. The molecule has 0 radical (unpaired) electrons. The second-order valence-electron chi connectivity index (χ2n) is 7.22. The summed E-state index contributed by atoms with van der Waals surface area (Å²) >= 11 is 0. The van der Waals surface area contributed by atoms with Crippen molar-refractivity contribution in [3.63, 3.8) is 0 Å². The van der Waals surface area contributed by atoms with E-state index in [9.17, 15) is 9.59 Å². The molecule has 1 unspecified atom stereocenters. The highest BCUT2D eigenvalue weighted by Gasteiger charge is 2.32. The lowest BCUT2D eigenvalue weighted by molar-refractivity contribution is -0.117. The first kappa shape index (κ1) is 17.5. The number of pyridine rings is 1. The second-order valence-corrected chi connectivity index (χ2v) is 7.22. The Kier molecular flexibility index (Phi) is 4.56. The van der Waals surface area contributed by atoms with Gasteiger partial charge in [-0.2, -0.15) is 0 Å². The molecule has 2 aromatic rings. The number of anilines is 1. The number of amides is 2. The molecule has 0 saturated carbocycles. The Hall–Kier alpha value is -2.89. The first-order valence-corrected chi connectivity index (χ1v) is 9.30. The molecular weight excluding hydrogens is 342 g/mol. The highest BCUT2D eigenvalue weighted by Crippen LogP contribution is 2.27. The predicted octanol–water partition coefficient (Wildman–Crippen LogP) is 2.42. The third-order valence-electron chi connectivity index (χ3n) is 5.26. The molecule has 140 valence electrons. The quantitative estimate of drug-likeness (QED) is 0.903. The summed E-state index contributed by atoms with van der Waals surface area (Å²) in [5.74, 6) is 0.133. The van der Waals surface area contributed by atoms with Crippen LogP contribution in [0.5, 0.6) is 5.88 Å². The SMILES string of the molecule is COc1nc2c(cc1C(=O)NC1CC(=O)N(c3ccc(C)cc3)C1)CCC2. The van der Waals surface area contributed by atoms with Crippen molar-refractivity contribution in [3.8, 4) is 5.88 Å². The summed E-state index contributed by atoms with van der Waals surface area (Å²) in [6, 6.07) is 9.49. The highest BCUT2D eigenvalue weighted by atomic mass is 16.5. The highest BCUT2D eigenvalue weighted by molar-refractivity contribution is 6.00. The zero-order valence-electron chi connectivity index (χ0n) is 15.6. The number of nitrogens with zero attached hydrogens (tertiary/aromatic N) is 2. The van der Waals surface area contributed by atoms with Crippen molar-refractivity contribution in [2.75, 3.05) is 18.6 Å². The van der Waals surface area contributed by atoms with Crippen molar-refractivity contribution in [2.24, 2.45) is 0 Å². The third-order valence-corrected chi connectivity index (χ3v) is 5.26. The van der Waals surface area contributed by atoms with Crippen molar-refractivity contribution in [2.45, 2.75) is 38.6 Å². The number of aromatic nitrogens is 1. The maximum atomic E-state index is 12.8. The van der Waals surface area contributed by atoms with Crippen LogP contribution in [0, 0.1) is 6.92 Å². The predicted molar refractivity (Wildman–Crippen MR) is 102 cm³/mol. The molecule has 0 spiro atoms. The van der Waals surface area contributed by atoms with Crippen LogP contribution in [-0.2, 0) is 17.6 Å². The molecule has 1 aromatic heterocycles. The van der Waals surface area contributed by atoms with Gasteiger partial charge in [-0.05, 0) is 49.9 Å². The van der Waals surface area contributed by atoms with Crippen LogP contribution < -0.4 is 15.0 Å². The van der Waals surface area contributed by atoms with Gasteiger partial charge in [0.15, 0.2) is 0 Å². The molecule has 2 amide bonds. The molecule has 1 N–H and O–H groups in total. The van der Waals surface area contributed by atoms with Crippen LogP contribution in [0.25, 0.3) is 0 Å². The molecule has 1 aliphatic heterocycles. The zero-order valence-corrected chi connectivity index (χ0v) is 15.6. The van der Waals surface area contributed by atoms with Crippen molar-refractivity contribution >= 4 is 17.5 Å². The van der Waals surface area contributed by atoms with E-state index in [2.05, 4.69) is 10.3 Å². The molecule has 0 bridgehead atoms. The fourth-order valence-corrected chi connectivity index (χ4v) is 3.81. The summed E-state index contributed by atoms with van der Waals surface area (Å²) in [6.45, 7) is 2.48. The van der Waals surface area contributed by atoms with E-state index in [1.807, 2.05) is 37.3 Å². The number of hydrogen-bond donors (Lipinski definition) is 1. The van der Waals surface area contributed by atoms with E-state index in [1.54, 1.807) is 4.90 Å². The zero-order chi connectivity index (χ0) is 19.0. The molecule has 6 nitrogen and oxygen atoms in total. The minimum atomic E-state index is -0.238. The molecule has 1 atom stereocenters. The number of hydrogen-bond acceptors (Lipinski definition) is 4. The fraction of sp³-hybridized carbons (Fsp3) is 0.381. The standard InChI is InChI=1S/C21H23N3O3/c1-13-6-8-16(9-7-13)24-12-15(11-19(24)25)22-20(26)17-10-14-4-3-5-18(14)23-21(17)27-2/h6-10,15H,3-5,11-12H2,1-2H3,(H,22,26). The van der Waals surface area contributed by atoms with E-state index in [0.717, 1.165) is 41.8 Å². The Morgan fingerprint density at radius 3 is 2.78 bits per heavy atom. The van der Waals surface area contributed by atoms with E-state index in [0.29, 0.717) is 24.4 Å². The van der Waals surface area contributed by atoms with Gasteiger partial charge < -0.3 is 15.0 Å². The number of nitrogens with one attached hydrogen (secondary N) is 1. The summed E-state index contributed by atoms with van der Waals surface area (Å²) in [6.07, 6.45) is 3.21. The van der Waals surface area contributed by atoms with E-state index >= 15 is 0 Å². The maximum absolute atomic E-state index is 12.8. The lowest BCUT2D eigenvalue weighted by atomic mass is 10.1. The number of aryl methyl sites for hydroxylation is 3. The van der Waals surface area contributed by atoms with Crippen LogP contribution in [-0.4, -0.2) is 36.5 Å². The van der Waals surface area contributed by atoms with E-state index in [4.69, 9.17) is 4.74 Å². The average Bonchev–Trinajstić information content (AvgIpc) is 3.27. The van der Waals surface area contributed by atoms with E-state index < -0.39 is 0 Å². The molecule has 4 rings (SSSR count). The van der Waals surface area contributed by atoms with Gasteiger partial charge in [0, 0.05) is 24.3 Å². The molecule has 27 heavy (non-hydrogen) atoms. The maximum Gasteiger partial charge on any atom is 0.257 e. The average molecular weight is 365 g/mol. The minimum Gasteiger partial charge on any atom is -0.480 e. The molecular formula is C21H23N3O3. The summed E-state index contributed by atoms with van der Waals surface area (Å²) in [5.41, 5.74) is 4.58. The molecule has 1 fully saturated rings. The monoisotopic (exact) mass is 365 g/mol. The molecule has 1 aliphatic carbocycles. The molecule has 2 aliphatic rings. The Balaban J connectivity index is 1.49. The van der Waals surface area contributed by atoms with Crippen molar-refractivity contribution in [1.82, 2.24) is 10.3 Å². The molecule has 2 heterocycles. The summed E-state index contributed by atoms with van der Waals surface area (Å²) in [7, 11) is 1.53. The van der Waals surface area contributed by atoms with Gasteiger partial charge in [0.25, 0.3) is 5.91 Å². The van der Waals surface area contributed by atoms with Crippen LogP contribution >= 0.6 is 0 Å². The Labute approximate surface area is 158 Å². The smallest absolute Gasteiger partial charge is 0.257 e. The summed E-state index contributed by atoms with van der Waals surface area (Å²) < 4.78 is 5.33. The minimum absolute atomic E-state index is 0.0168. The van der Waals surface area contributed by atoms with Crippen LogP contribution in [0.2, 0.25) is 0 Å². The van der Waals surface area contributed by atoms with Gasteiger partial charge in [-0.15, -0.1) is 0 Å². The van der Waals surface area contributed by atoms with Crippen molar-refractivity contribution < 1.29 is 14.3 Å². The third kappa shape index (κ3) is 3.39. The van der Waals surface area contributed by atoms with Gasteiger partial charge in [-0.1, -0.05) is 17.7 Å². The van der Waals surface area contributed by atoms with Gasteiger partial charge in [-0.25, -0.2) is 4.98 Å². The largest absolute Gasteiger partial charge is 0.480 e. The summed E-state index contributed by atoms with van der Waals surface area (Å²) in [4.78, 5) is 31.4. The van der Waals surface area contributed by atoms with Crippen LogP contribution in [0.15, 0.2) is 30.3 Å². The lowest BCUT2D eigenvalue weighted by Gasteiger charge is -2.18. The number of carbonyl (C=O) groups excluding carboxylic acids is 2. The summed E-state index contributed by atoms with van der Waals surface area (Å²) in [5, 5.41) is 2.98. The van der Waals surface area contributed by atoms with Crippen LogP contribution in [0.3, 0.4) is 0 Å². The number of fused-ring (bicyclic) bond motifs is 1. The number of rotatable bonds is 4. The number of benzene rings is 1. The first-order valence-electron chi connectivity index (χ1n) is 9.30. The molecule has 1 aromatic carbocycles. The van der Waals surface area contributed by atoms with E-state index in [-0.39, 0.29) is 17.9 Å². The van der Waals surface area contributed by atoms with Gasteiger partial charge >= 0.3 is 0 Å². The van der Waals surface area contributed by atoms with E-state index in [1.165, 1.54) is 7.11 Å². The number of ether oxygens (including phenoxy) is 1. The number of carbonyl (C=O) groups is 2. The van der Waals surface area contributed by atoms with Gasteiger partial charge in [0.2, 0.25) is 11.8 Å². The van der Waals surface area contributed by atoms with Crippen LogP contribution in [0.1, 0.15) is 40.0 Å². The van der Waals surface area contributed by atoms with Gasteiger partial charge in [-0.3, -0.25) is 9.59 Å². The Morgan fingerprint density at radius 1 is 1.26 bits per heavy atom. The van der Waals surface area contributed by atoms with Crippen molar-refractivity contribution in [1.29, 1.82) is 0 Å². The van der Waals surface area contributed by atoms with Crippen molar-refractivity contribution in [3.05, 3.63) is 52.7 Å². The topological polar surface area (TPSA) is 71.5 Å². The Bertz CT molecular complexity index is 892. The normalized spacial score (nSPS) is 18.5. The molecule has 1 saturated heterocycles. The van der Waals surface area contributed by atoms with Crippen LogP contribution in [0.4, 0.5) is 5.69 Å².